The summed E-state index contributed by atoms with van der Waals surface area (Å²) in [5.74, 6) is -0.275. The number of hydrogen-bond acceptors (Lipinski definition) is 9. The zero-order valence-corrected chi connectivity index (χ0v) is 32.9. The van der Waals surface area contributed by atoms with Crippen LogP contribution in [0.4, 0.5) is 0 Å². The Labute approximate surface area is 316 Å². The van der Waals surface area contributed by atoms with E-state index >= 15 is 0 Å². The number of carbonyl (C=O) groups excluding carboxylic acids is 1. The van der Waals surface area contributed by atoms with Gasteiger partial charge in [0, 0.05) is 6.42 Å². The molecular weight excluding hydrogens is 662 g/mol. The van der Waals surface area contributed by atoms with Crippen molar-refractivity contribution < 1.29 is 44.9 Å². The largest absolute Gasteiger partial charge is 0.394 e. The van der Waals surface area contributed by atoms with Crippen molar-refractivity contribution in [2.24, 2.45) is 0 Å². The molecule has 1 saturated heterocycles. The summed E-state index contributed by atoms with van der Waals surface area (Å²) in [5, 5.41) is 64.9. The third-order valence-electron chi connectivity index (χ3n) is 10.2. The van der Waals surface area contributed by atoms with Gasteiger partial charge >= 0.3 is 0 Å². The van der Waals surface area contributed by atoms with Gasteiger partial charge in [-0.25, -0.2) is 0 Å². The second-order valence-electron chi connectivity index (χ2n) is 15.0. The van der Waals surface area contributed by atoms with Crippen molar-refractivity contribution in [3.63, 3.8) is 0 Å². The number of unbranched alkanes of at least 4 members (excludes halogenated alkanes) is 20. The number of aliphatic hydroxyl groups is 6. The molecule has 8 atom stereocenters. The Morgan fingerprint density at radius 1 is 0.673 bits per heavy atom. The SMILES string of the molecule is CCCCCC/C=C\C=C/CCCCCCCC(=O)N[C@@H](COC1OC(CO)C(O)C(O)C1O)[C@H](O)[C@H](O)CCCCCCCCCCCCCC. The molecule has 0 saturated carbocycles. The quantitative estimate of drug-likeness (QED) is 0.0274. The van der Waals surface area contributed by atoms with Crippen molar-refractivity contribution in [3.8, 4) is 0 Å². The molecule has 0 aromatic rings. The zero-order chi connectivity index (χ0) is 38.2. The van der Waals surface area contributed by atoms with Gasteiger partial charge in [0.2, 0.25) is 5.91 Å². The molecule has 0 aromatic carbocycles. The van der Waals surface area contributed by atoms with E-state index in [2.05, 4.69) is 43.5 Å². The van der Waals surface area contributed by atoms with E-state index in [0.717, 1.165) is 64.2 Å². The van der Waals surface area contributed by atoms with Gasteiger partial charge in [-0.05, 0) is 38.5 Å². The number of nitrogens with one attached hydrogen (secondary N) is 1. The van der Waals surface area contributed by atoms with Gasteiger partial charge in [0.15, 0.2) is 6.29 Å². The molecule has 1 aliphatic rings. The standard InChI is InChI=1S/C42H79NO9/c1-3-5-7-9-11-13-15-17-18-19-21-23-25-27-29-31-37(46)43-34(33-51-42-41(50)40(49)39(48)36(32-44)52-42)38(47)35(45)30-28-26-24-22-20-16-14-12-10-8-6-4-2/h13,15,17-18,34-36,38-42,44-45,47-50H,3-12,14,16,19-33H2,1-2H3,(H,43,46)/b15-13-,18-17-/t34-,35+,36?,38-,39?,40?,41?,42?/m0/s1. The highest BCUT2D eigenvalue weighted by Crippen LogP contribution is 2.23. The highest BCUT2D eigenvalue weighted by Gasteiger charge is 2.44. The van der Waals surface area contributed by atoms with Crippen LogP contribution in [0.5, 0.6) is 0 Å². The van der Waals surface area contributed by atoms with Crippen LogP contribution in [0.15, 0.2) is 24.3 Å². The first-order valence-electron chi connectivity index (χ1n) is 21.2. The summed E-state index contributed by atoms with van der Waals surface area (Å²) >= 11 is 0. The maximum atomic E-state index is 12.9. The average Bonchev–Trinajstić information content (AvgIpc) is 3.14. The molecule has 306 valence electrons. The summed E-state index contributed by atoms with van der Waals surface area (Å²) in [6.45, 7) is 3.55. The normalized spacial score (nSPS) is 22.7. The van der Waals surface area contributed by atoms with Gasteiger partial charge in [0.05, 0.1) is 25.4 Å². The lowest BCUT2D eigenvalue weighted by Crippen LogP contribution is -2.60. The number of rotatable bonds is 34. The van der Waals surface area contributed by atoms with Crippen molar-refractivity contribution in [3.05, 3.63) is 24.3 Å². The number of ether oxygens (including phenoxy) is 2. The molecule has 0 radical (unpaired) electrons. The zero-order valence-electron chi connectivity index (χ0n) is 32.9. The average molecular weight is 742 g/mol. The second-order valence-corrected chi connectivity index (χ2v) is 15.0. The lowest BCUT2D eigenvalue weighted by molar-refractivity contribution is -0.303. The Bertz CT molecular complexity index is 886. The first-order chi connectivity index (χ1) is 25.3. The summed E-state index contributed by atoms with van der Waals surface area (Å²) in [6.07, 6.45) is 26.1. The lowest BCUT2D eigenvalue weighted by atomic mass is 9.98. The van der Waals surface area contributed by atoms with Crippen LogP contribution in [0.2, 0.25) is 0 Å². The predicted molar refractivity (Wildman–Crippen MR) is 209 cm³/mol. The summed E-state index contributed by atoms with van der Waals surface area (Å²) < 4.78 is 11.1. The third kappa shape index (κ3) is 23.4. The number of amides is 1. The summed E-state index contributed by atoms with van der Waals surface area (Å²) in [4.78, 5) is 12.9. The Balaban J connectivity index is 2.47. The molecular formula is C42H79NO9. The maximum absolute atomic E-state index is 12.9. The van der Waals surface area contributed by atoms with Crippen LogP contribution in [-0.4, -0.2) is 98.7 Å². The molecule has 52 heavy (non-hydrogen) atoms. The summed E-state index contributed by atoms with van der Waals surface area (Å²) in [5.41, 5.74) is 0. The van der Waals surface area contributed by atoms with E-state index in [0.29, 0.717) is 12.8 Å². The van der Waals surface area contributed by atoms with Gasteiger partial charge in [0.25, 0.3) is 0 Å². The van der Waals surface area contributed by atoms with Crippen molar-refractivity contribution >= 4 is 5.91 Å². The summed E-state index contributed by atoms with van der Waals surface area (Å²) in [6, 6.07) is -0.996. The van der Waals surface area contributed by atoms with Gasteiger partial charge < -0.3 is 45.4 Å². The van der Waals surface area contributed by atoms with Gasteiger partial charge in [-0.15, -0.1) is 0 Å². The number of hydrogen-bond donors (Lipinski definition) is 7. The Hall–Kier alpha value is -1.37. The topological polar surface area (TPSA) is 169 Å². The molecule has 0 aromatic heterocycles. The predicted octanol–water partition coefficient (Wildman–Crippen LogP) is 6.91. The van der Waals surface area contributed by atoms with Crippen LogP contribution in [0.1, 0.15) is 174 Å². The van der Waals surface area contributed by atoms with Gasteiger partial charge in [-0.3, -0.25) is 4.79 Å². The van der Waals surface area contributed by atoms with Crippen molar-refractivity contribution in [1.82, 2.24) is 5.32 Å². The Morgan fingerprint density at radius 3 is 1.69 bits per heavy atom. The molecule has 5 unspecified atom stereocenters. The lowest BCUT2D eigenvalue weighted by Gasteiger charge is -2.40. The van der Waals surface area contributed by atoms with E-state index in [1.807, 2.05) is 0 Å². The molecule has 1 rings (SSSR count). The number of allylic oxidation sites excluding steroid dienone is 4. The maximum Gasteiger partial charge on any atom is 0.220 e. The highest BCUT2D eigenvalue weighted by atomic mass is 16.7. The molecule has 10 nitrogen and oxygen atoms in total. The van der Waals surface area contributed by atoms with E-state index < -0.39 is 55.6 Å². The van der Waals surface area contributed by atoms with Crippen LogP contribution >= 0.6 is 0 Å². The van der Waals surface area contributed by atoms with E-state index in [9.17, 15) is 35.4 Å². The van der Waals surface area contributed by atoms with Gasteiger partial charge in [-0.2, -0.15) is 0 Å². The fraction of sp³-hybridized carbons (Fsp3) is 0.881. The minimum atomic E-state index is -1.61. The minimum absolute atomic E-state index is 0.265. The number of aliphatic hydroxyl groups excluding tert-OH is 6. The van der Waals surface area contributed by atoms with Crippen molar-refractivity contribution in [2.45, 2.75) is 223 Å². The van der Waals surface area contributed by atoms with E-state index in [-0.39, 0.29) is 18.9 Å². The number of carbonyl (C=O) groups is 1. The van der Waals surface area contributed by atoms with E-state index in [1.165, 1.54) is 77.0 Å². The molecule has 1 amide bonds. The Kier molecular flexibility index (Phi) is 30.9. The molecule has 10 heteroatoms. The van der Waals surface area contributed by atoms with Crippen molar-refractivity contribution in [2.75, 3.05) is 13.2 Å². The molecule has 1 fully saturated rings. The Morgan fingerprint density at radius 2 is 1.15 bits per heavy atom. The van der Waals surface area contributed by atoms with Crippen LogP contribution in [-0.2, 0) is 14.3 Å². The third-order valence-corrected chi connectivity index (χ3v) is 10.2. The van der Waals surface area contributed by atoms with Crippen LogP contribution < -0.4 is 5.32 Å². The molecule has 1 heterocycles. The van der Waals surface area contributed by atoms with Crippen molar-refractivity contribution in [1.29, 1.82) is 0 Å². The fourth-order valence-corrected chi connectivity index (χ4v) is 6.66. The van der Waals surface area contributed by atoms with Crippen LogP contribution in [0, 0.1) is 0 Å². The van der Waals surface area contributed by atoms with E-state index in [4.69, 9.17) is 9.47 Å². The fourth-order valence-electron chi connectivity index (χ4n) is 6.66. The first kappa shape index (κ1) is 48.6. The van der Waals surface area contributed by atoms with E-state index in [1.54, 1.807) is 0 Å². The highest BCUT2D eigenvalue weighted by molar-refractivity contribution is 5.76. The monoisotopic (exact) mass is 742 g/mol. The smallest absolute Gasteiger partial charge is 0.220 e. The van der Waals surface area contributed by atoms with Crippen LogP contribution in [0.3, 0.4) is 0 Å². The molecule has 0 aliphatic carbocycles. The molecule has 1 aliphatic heterocycles. The molecule has 7 N–H and O–H groups in total. The van der Waals surface area contributed by atoms with Gasteiger partial charge in [-0.1, -0.05) is 154 Å². The molecule has 0 spiro atoms. The molecule has 0 bridgehead atoms. The summed E-state index contributed by atoms with van der Waals surface area (Å²) in [7, 11) is 0. The first-order valence-corrected chi connectivity index (χ1v) is 21.2. The second kappa shape index (κ2) is 33.0. The van der Waals surface area contributed by atoms with Gasteiger partial charge in [0.1, 0.15) is 30.5 Å². The minimum Gasteiger partial charge on any atom is -0.394 e. The van der Waals surface area contributed by atoms with Crippen LogP contribution in [0.25, 0.3) is 0 Å².